The molecular weight excluding hydrogens is 211 g/mol. The number of halogens is 1. The second-order valence-corrected chi connectivity index (χ2v) is 3.40. The van der Waals surface area contributed by atoms with Crippen molar-refractivity contribution < 1.29 is 8.81 Å². The second kappa shape index (κ2) is 4.26. The van der Waals surface area contributed by atoms with Crippen molar-refractivity contribution in [2.75, 3.05) is 5.32 Å². The summed E-state index contributed by atoms with van der Waals surface area (Å²) >= 11 is 0. The molecular formula is C10H11FN4O. The number of hydrogen-bond acceptors (Lipinski definition) is 5. The molecule has 0 aromatic carbocycles. The summed E-state index contributed by atoms with van der Waals surface area (Å²) in [7, 11) is 0. The minimum absolute atomic E-state index is 0.167. The first-order valence-electron chi connectivity index (χ1n) is 4.81. The number of nitrogens with one attached hydrogen (secondary N) is 1. The third-order valence-electron chi connectivity index (χ3n) is 1.98. The van der Waals surface area contributed by atoms with Gasteiger partial charge in [0.05, 0.1) is 18.6 Å². The van der Waals surface area contributed by atoms with Gasteiger partial charge in [-0.3, -0.25) is 0 Å². The van der Waals surface area contributed by atoms with Gasteiger partial charge < -0.3 is 9.73 Å². The molecule has 84 valence electrons. The van der Waals surface area contributed by atoms with E-state index < -0.39 is 5.82 Å². The Morgan fingerprint density at radius 3 is 2.50 bits per heavy atom. The lowest BCUT2D eigenvalue weighted by Gasteiger charge is -2.09. The molecule has 0 aliphatic rings. The highest BCUT2D eigenvalue weighted by molar-refractivity contribution is 5.25. The van der Waals surface area contributed by atoms with Crippen LogP contribution in [0.3, 0.4) is 0 Å². The van der Waals surface area contributed by atoms with Crippen molar-refractivity contribution in [2.45, 2.75) is 19.9 Å². The van der Waals surface area contributed by atoms with Gasteiger partial charge in [0.2, 0.25) is 11.8 Å². The minimum atomic E-state index is -0.467. The van der Waals surface area contributed by atoms with Crippen LogP contribution >= 0.6 is 0 Å². The fourth-order valence-electron chi connectivity index (χ4n) is 1.21. The van der Waals surface area contributed by atoms with Crippen molar-refractivity contribution in [3.63, 3.8) is 0 Å². The third kappa shape index (κ3) is 2.33. The zero-order valence-electron chi connectivity index (χ0n) is 8.94. The predicted octanol–water partition coefficient (Wildman–Crippen LogP) is 2.09. The molecule has 2 rings (SSSR count). The molecule has 1 unspecified atom stereocenters. The Kier molecular flexibility index (Phi) is 2.80. The average Bonchev–Trinajstić information content (AvgIpc) is 2.68. The smallest absolute Gasteiger partial charge is 0.223 e. The van der Waals surface area contributed by atoms with E-state index in [1.54, 1.807) is 6.20 Å². The SMILES string of the molecule is Cc1cnc(C(C)Nc2ncc(F)cn2)o1. The Morgan fingerprint density at radius 2 is 1.94 bits per heavy atom. The Labute approximate surface area is 91.8 Å². The number of aryl methyl sites for hydroxylation is 1. The van der Waals surface area contributed by atoms with Crippen LogP contribution in [0.4, 0.5) is 10.3 Å². The van der Waals surface area contributed by atoms with Crippen LogP contribution in [0.2, 0.25) is 0 Å². The molecule has 0 bridgehead atoms. The van der Waals surface area contributed by atoms with Crippen molar-refractivity contribution >= 4 is 5.95 Å². The van der Waals surface area contributed by atoms with E-state index in [2.05, 4.69) is 20.3 Å². The van der Waals surface area contributed by atoms with E-state index >= 15 is 0 Å². The number of aromatic nitrogens is 3. The Bertz CT molecular complexity index is 468. The van der Waals surface area contributed by atoms with Crippen LogP contribution in [-0.2, 0) is 0 Å². The van der Waals surface area contributed by atoms with Gasteiger partial charge in [-0.1, -0.05) is 0 Å². The van der Waals surface area contributed by atoms with Gasteiger partial charge >= 0.3 is 0 Å². The number of oxazole rings is 1. The van der Waals surface area contributed by atoms with Crippen LogP contribution in [0.5, 0.6) is 0 Å². The molecule has 6 heteroatoms. The van der Waals surface area contributed by atoms with Crippen LogP contribution < -0.4 is 5.32 Å². The van der Waals surface area contributed by atoms with Gasteiger partial charge in [-0.25, -0.2) is 19.3 Å². The Morgan fingerprint density at radius 1 is 1.25 bits per heavy atom. The number of rotatable bonds is 3. The summed E-state index contributed by atoms with van der Waals surface area (Å²) in [5.41, 5.74) is 0. The topological polar surface area (TPSA) is 63.8 Å². The van der Waals surface area contributed by atoms with E-state index in [0.29, 0.717) is 11.8 Å². The largest absolute Gasteiger partial charge is 0.444 e. The maximum Gasteiger partial charge on any atom is 0.223 e. The highest BCUT2D eigenvalue weighted by Crippen LogP contribution is 2.15. The lowest BCUT2D eigenvalue weighted by molar-refractivity contribution is 0.453. The molecule has 5 nitrogen and oxygen atoms in total. The summed E-state index contributed by atoms with van der Waals surface area (Å²) in [6.45, 7) is 3.68. The summed E-state index contributed by atoms with van der Waals surface area (Å²) in [6.07, 6.45) is 3.84. The van der Waals surface area contributed by atoms with E-state index in [1.807, 2.05) is 13.8 Å². The normalized spacial score (nSPS) is 12.4. The summed E-state index contributed by atoms with van der Waals surface area (Å²) in [5.74, 6) is 1.16. The number of nitrogens with zero attached hydrogens (tertiary/aromatic N) is 3. The van der Waals surface area contributed by atoms with Crippen LogP contribution in [0.1, 0.15) is 24.6 Å². The van der Waals surface area contributed by atoms with E-state index in [9.17, 15) is 4.39 Å². The quantitative estimate of drug-likeness (QED) is 0.861. The van der Waals surface area contributed by atoms with Crippen molar-refractivity contribution in [2.24, 2.45) is 0 Å². The van der Waals surface area contributed by atoms with Gasteiger partial charge in [-0.15, -0.1) is 0 Å². The van der Waals surface area contributed by atoms with Gasteiger partial charge in [0, 0.05) is 0 Å². The standard InChI is InChI=1S/C10H11FN4O/c1-6-3-12-9(16-6)7(2)15-10-13-4-8(11)5-14-10/h3-5,7H,1-2H3,(H,13,14,15). The molecule has 16 heavy (non-hydrogen) atoms. The Balaban J connectivity index is 2.07. The lowest BCUT2D eigenvalue weighted by atomic mass is 10.3. The summed E-state index contributed by atoms with van der Waals surface area (Å²) in [5, 5.41) is 2.95. The first kappa shape index (κ1) is 10.5. The minimum Gasteiger partial charge on any atom is -0.444 e. The molecule has 0 amide bonds. The van der Waals surface area contributed by atoms with Crippen LogP contribution in [-0.4, -0.2) is 15.0 Å². The molecule has 0 aliphatic heterocycles. The molecule has 0 saturated heterocycles. The van der Waals surface area contributed by atoms with Crippen molar-refractivity contribution in [3.05, 3.63) is 36.1 Å². The summed E-state index contributed by atoms with van der Waals surface area (Å²) < 4.78 is 17.9. The molecule has 0 spiro atoms. The molecule has 1 atom stereocenters. The monoisotopic (exact) mass is 222 g/mol. The second-order valence-electron chi connectivity index (χ2n) is 3.40. The third-order valence-corrected chi connectivity index (χ3v) is 1.98. The van der Waals surface area contributed by atoms with Gasteiger partial charge in [0.25, 0.3) is 0 Å². The highest BCUT2D eigenvalue weighted by atomic mass is 19.1. The van der Waals surface area contributed by atoms with E-state index in [4.69, 9.17) is 4.42 Å². The zero-order valence-corrected chi connectivity index (χ0v) is 8.94. The molecule has 2 heterocycles. The zero-order chi connectivity index (χ0) is 11.5. The van der Waals surface area contributed by atoms with E-state index in [0.717, 1.165) is 18.2 Å². The van der Waals surface area contributed by atoms with Gasteiger partial charge in [-0.05, 0) is 13.8 Å². The number of hydrogen-bond donors (Lipinski definition) is 1. The van der Waals surface area contributed by atoms with Crippen LogP contribution in [0.25, 0.3) is 0 Å². The summed E-state index contributed by atoms with van der Waals surface area (Å²) in [6, 6.07) is -0.167. The van der Waals surface area contributed by atoms with Crippen LogP contribution in [0, 0.1) is 12.7 Å². The van der Waals surface area contributed by atoms with Crippen LogP contribution in [0.15, 0.2) is 23.0 Å². The highest BCUT2D eigenvalue weighted by Gasteiger charge is 2.12. The molecule has 2 aromatic heterocycles. The first-order chi connectivity index (χ1) is 7.65. The first-order valence-corrected chi connectivity index (χ1v) is 4.81. The summed E-state index contributed by atoms with van der Waals surface area (Å²) in [4.78, 5) is 11.6. The fraction of sp³-hybridized carbons (Fsp3) is 0.300. The molecule has 0 saturated carbocycles. The van der Waals surface area contributed by atoms with E-state index in [1.165, 1.54) is 0 Å². The molecule has 2 aromatic rings. The number of anilines is 1. The maximum atomic E-state index is 12.6. The maximum absolute atomic E-state index is 12.6. The van der Waals surface area contributed by atoms with E-state index in [-0.39, 0.29) is 6.04 Å². The van der Waals surface area contributed by atoms with Gasteiger partial charge in [-0.2, -0.15) is 0 Å². The molecule has 0 fully saturated rings. The molecule has 0 aliphatic carbocycles. The van der Waals surface area contributed by atoms with Crippen molar-refractivity contribution in [3.8, 4) is 0 Å². The fourth-order valence-corrected chi connectivity index (χ4v) is 1.21. The van der Waals surface area contributed by atoms with Crippen molar-refractivity contribution in [1.29, 1.82) is 0 Å². The molecule has 0 radical (unpaired) electrons. The van der Waals surface area contributed by atoms with Gasteiger partial charge in [0.15, 0.2) is 5.82 Å². The molecule has 1 N–H and O–H groups in total. The van der Waals surface area contributed by atoms with Gasteiger partial charge in [0.1, 0.15) is 11.8 Å². The predicted molar refractivity (Wildman–Crippen MR) is 55.3 cm³/mol. The average molecular weight is 222 g/mol. The lowest BCUT2D eigenvalue weighted by Crippen LogP contribution is -2.09. The van der Waals surface area contributed by atoms with Crippen molar-refractivity contribution in [1.82, 2.24) is 15.0 Å². The Hall–Kier alpha value is -1.98.